The van der Waals surface area contributed by atoms with E-state index in [-0.39, 0.29) is 5.82 Å². The number of benzene rings is 1. The normalized spacial score (nSPS) is 12.2. The first-order valence-electron chi connectivity index (χ1n) is 5.37. The molecule has 0 aliphatic rings. The van der Waals surface area contributed by atoms with E-state index in [1.54, 1.807) is 6.07 Å². The van der Waals surface area contributed by atoms with Crippen LogP contribution in [0, 0.1) is 12.7 Å². The highest BCUT2D eigenvalue weighted by atomic mass is 79.9. The van der Waals surface area contributed by atoms with E-state index in [0.717, 1.165) is 24.1 Å². The molecular formula is C13H17BrFN. The second-order valence-electron chi connectivity index (χ2n) is 3.99. The van der Waals surface area contributed by atoms with Crippen LogP contribution in [-0.4, -0.2) is 6.04 Å². The van der Waals surface area contributed by atoms with Crippen LogP contribution in [0.4, 0.5) is 10.1 Å². The summed E-state index contributed by atoms with van der Waals surface area (Å²) in [5.74, 6) is -0.232. The van der Waals surface area contributed by atoms with Gasteiger partial charge in [-0.3, -0.25) is 0 Å². The van der Waals surface area contributed by atoms with Crippen molar-refractivity contribution in [3.05, 3.63) is 40.6 Å². The Kier molecular flexibility index (Phi) is 5.00. The van der Waals surface area contributed by atoms with Crippen LogP contribution in [0.2, 0.25) is 0 Å². The van der Waals surface area contributed by atoms with Gasteiger partial charge in [0.1, 0.15) is 5.82 Å². The van der Waals surface area contributed by atoms with Crippen LogP contribution in [0.1, 0.15) is 25.3 Å². The predicted molar refractivity (Wildman–Crippen MR) is 71.4 cm³/mol. The molecular weight excluding hydrogens is 269 g/mol. The molecule has 16 heavy (non-hydrogen) atoms. The summed E-state index contributed by atoms with van der Waals surface area (Å²) in [6, 6.07) is 3.64. The third-order valence-corrected chi connectivity index (χ3v) is 3.08. The van der Waals surface area contributed by atoms with Crippen molar-refractivity contribution in [3.63, 3.8) is 0 Å². The van der Waals surface area contributed by atoms with Crippen molar-refractivity contribution in [1.29, 1.82) is 0 Å². The highest BCUT2D eigenvalue weighted by Crippen LogP contribution is 2.24. The Bertz CT molecular complexity index is 376. The zero-order valence-electron chi connectivity index (χ0n) is 9.69. The second-order valence-corrected chi connectivity index (χ2v) is 4.85. The first-order valence-corrected chi connectivity index (χ1v) is 6.17. The molecule has 0 aliphatic carbocycles. The molecule has 0 amide bonds. The number of hydrogen-bond donors (Lipinski definition) is 1. The fraction of sp³-hybridized carbons (Fsp3) is 0.385. The summed E-state index contributed by atoms with van der Waals surface area (Å²) < 4.78 is 13.9. The molecule has 1 nitrogen and oxygen atoms in total. The van der Waals surface area contributed by atoms with Gasteiger partial charge in [0, 0.05) is 11.7 Å². The molecule has 0 fully saturated rings. The molecule has 0 aliphatic heterocycles. The summed E-state index contributed by atoms with van der Waals surface area (Å²) in [6.45, 7) is 7.74. The van der Waals surface area contributed by atoms with E-state index in [9.17, 15) is 4.39 Å². The van der Waals surface area contributed by atoms with Gasteiger partial charge in [-0.2, -0.15) is 0 Å². The molecule has 0 radical (unpaired) electrons. The molecule has 0 spiro atoms. The summed E-state index contributed by atoms with van der Waals surface area (Å²) in [6.07, 6.45) is 3.86. The van der Waals surface area contributed by atoms with Crippen LogP contribution in [0.25, 0.3) is 0 Å². The highest BCUT2D eigenvalue weighted by Gasteiger charge is 2.07. The van der Waals surface area contributed by atoms with Crippen molar-refractivity contribution in [2.45, 2.75) is 32.7 Å². The summed E-state index contributed by atoms with van der Waals surface area (Å²) in [7, 11) is 0. The standard InChI is InChI=1S/C13H17BrFN/c1-4-5-6-10(3)16-13-8-12(15)11(14)7-9(13)2/h4,7-8,10,16H,1,5-6H2,2-3H3. The molecule has 3 heteroatoms. The van der Waals surface area contributed by atoms with Gasteiger partial charge in [0.25, 0.3) is 0 Å². The van der Waals surface area contributed by atoms with Crippen molar-refractivity contribution < 1.29 is 4.39 Å². The first kappa shape index (κ1) is 13.2. The molecule has 0 aromatic heterocycles. The average Bonchev–Trinajstić information content (AvgIpc) is 2.23. The summed E-state index contributed by atoms with van der Waals surface area (Å²) in [5, 5.41) is 3.30. The highest BCUT2D eigenvalue weighted by molar-refractivity contribution is 9.10. The Hall–Kier alpha value is -0.830. The lowest BCUT2D eigenvalue weighted by molar-refractivity contribution is 0.620. The number of hydrogen-bond acceptors (Lipinski definition) is 1. The van der Waals surface area contributed by atoms with Gasteiger partial charge in [-0.1, -0.05) is 6.08 Å². The molecule has 1 atom stereocenters. The molecule has 0 saturated carbocycles. The van der Waals surface area contributed by atoms with E-state index in [2.05, 4.69) is 34.7 Å². The zero-order chi connectivity index (χ0) is 12.1. The van der Waals surface area contributed by atoms with Gasteiger partial charge in [0.05, 0.1) is 4.47 Å². The molecule has 1 rings (SSSR count). The largest absolute Gasteiger partial charge is 0.382 e. The number of halogens is 2. The minimum Gasteiger partial charge on any atom is -0.382 e. The van der Waals surface area contributed by atoms with Gasteiger partial charge < -0.3 is 5.32 Å². The monoisotopic (exact) mass is 285 g/mol. The predicted octanol–water partition coefficient (Wildman–Crippen LogP) is 4.66. The Morgan fingerprint density at radius 3 is 2.88 bits per heavy atom. The molecule has 1 aromatic carbocycles. The van der Waals surface area contributed by atoms with Gasteiger partial charge >= 0.3 is 0 Å². The second kappa shape index (κ2) is 6.04. The molecule has 0 saturated heterocycles. The Morgan fingerprint density at radius 2 is 2.25 bits per heavy atom. The number of nitrogens with one attached hydrogen (secondary N) is 1. The third-order valence-electron chi connectivity index (χ3n) is 2.47. The van der Waals surface area contributed by atoms with Crippen molar-refractivity contribution in [2.75, 3.05) is 5.32 Å². The van der Waals surface area contributed by atoms with E-state index in [1.165, 1.54) is 6.07 Å². The summed E-state index contributed by atoms with van der Waals surface area (Å²) in [5.41, 5.74) is 1.90. The van der Waals surface area contributed by atoms with Crippen molar-refractivity contribution in [3.8, 4) is 0 Å². The maximum absolute atomic E-state index is 13.4. The topological polar surface area (TPSA) is 12.0 Å². The molecule has 1 N–H and O–H groups in total. The Balaban J connectivity index is 2.73. The quantitative estimate of drug-likeness (QED) is 0.776. The zero-order valence-corrected chi connectivity index (χ0v) is 11.3. The minimum absolute atomic E-state index is 0.232. The van der Waals surface area contributed by atoms with Crippen molar-refractivity contribution in [1.82, 2.24) is 0 Å². The van der Waals surface area contributed by atoms with Gasteiger partial charge in [-0.15, -0.1) is 6.58 Å². The van der Waals surface area contributed by atoms with E-state index in [0.29, 0.717) is 10.5 Å². The minimum atomic E-state index is -0.232. The number of allylic oxidation sites excluding steroid dienone is 1. The van der Waals surface area contributed by atoms with Crippen LogP contribution < -0.4 is 5.32 Å². The van der Waals surface area contributed by atoms with Crippen molar-refractivity contribution >= 4 is 21.6 Å². The smallest absolute Gasteiger partial charge is 0.139 e. The fourth-order valence-corrected chi connectivity index (χ4v) is 1.97. The lowest BCUT2D eigenvalue weighted by Gasteiger charge is -2.16. The average molecular weight is 286 g/mol. The van der Waals surface area contributed by atoms with Gasteiger partial charge in [-0.05, 0) is 60.3 Å². The first-order chi connectivity index (χ1) is 7.54. The van der Waals surface area contributed by atoms with E-state index >= 15 is 0 Å². The van der Waals surface area contributed by atoms with Crippen molar-refractivity contribution in [2.24, 2.45) is 0 Å². The lowest BCUT2D eigenvalue weighted by Crippen LogP contribution is -2.15. The Labute approximate surface area is 105 Å². The fourth-order valence-electron chi connectivity index (χ4n) is 1.51. The van der Waals surface area contributed by atoms with Crippen LogP contribution >= 0.6 is 15.9 Å². The number of anilines is 1. The van der Waals surface area contributed by atoms with Crippen LogP contribution in [0.3, 0.4) is 0 Å². The summed E-state index contributed by atoms with van der Waals surface area (Å²) in [4.78, 5) is 0. The third kappa shape index (κ3) is 3.63. The van der Waals surface area contributed by atoms with Crippen LogP contribution in [0.5, 0.6) is 0 Å². The maximum Gasteiger partial charge on any atom is 0.139 e. The molecule has 1 unspecified atom stereocenters. The van der Waals surface area contributed by atoms with E-state index in [1.807, 2.05) is 13.0 Å². The Morgan fingerprint density at radius 1 is 1.56 bits per heavy atom. The van der Waals surface area contributed by atoms with E-state index < -0.39 is 0 Å². The number of rotatable bonds is 5. The molecule has 88 valence electrons. The molecule has 0 heterocycles. The molecule has 1 aromatic rings. The van der Waals surface area contributed by atoms with Crippen LogP contribution in [-0.2, 0) is 0 Å². The summed E-state index contributed by atoms with van der Waals surface area (Å²) >= 11 is 3.17. The van der Waals surface area contributed by atoms with Gasteiger partial charge in [0.15, 0.2) is 0 Å². The van der Waals surface area contributed by atoms with Crippen LogP contribution in [0.15, 0.2) is 29.3 Å². The SMILES string of the molecule is C=CCCC(C)Nc1cc(F)c(Br)cc1C. The lowest BCUT2D eigenvalue weighted by atomic mass is 10.1. The maximum atomic E-state index is 13.4. The van der Waals surface area contributed by atoms with E-state index in [4.69, 9.17) is 0 Å². The van der Waals surface area contributed by atoms with Gasteiger partial charge in [0.2, 0.25) is 0 Å². The van der Waals surface area contributed by atoms with Gasteiger partial charge in [-0.25, -0.2) is 4.39 Å². The number of aryl methyl sites for hydroxylation is 1. The molecule has 0 bridgehead atoms.